The predicted octanol–water partition coefficient (Wildman–Crippen LogP) is 4.65. The molecule has 3 aromatic rings. The smallest absolute Gasteiger partial charge is 0.255 e. The molecule has 0 aliphatic rings. The summed E-state index contributed by atoms with van der Waals surface area (Å²) in [6.07, 6.45) is 1.60. The van der Waals surface area contributed by atoms with E-state index in [1.807, 2.05) is 44.2 Å². The number of hydrogen-bond donors (Lipinski definition) is 1. The van der Waals surface area contributed by atoms with E-state index in [2.05, 4.69) is 10.3 Å². The molecule has 112 valence electrons. The van der Waals surface area contributed by atoms with Gasteiger partial charge in [0.25, 0.3) is 5.91 Å². The Labute approximate surface area is 128 Å². The van der Waals surface area contributed by atoms with E-state index in [4.69, 9.17) is 0 Å². The fourth-order valence-corrected chi connectivity index (χ4v) is 1.94. The van der Waals surface area contributed by atoms with Gasteiger partial charge in [0.2, 0.25) is 0 Å². The van der Waals surface area contributed by atoms with E-state index in [-0.39, 0.29) is 11.7 Å². The number of rotatable bonds is 2. The Morgan fingerprint density at radius 1 is 1.05 bits per heavy atom. The maximum absolute atomic E-state index is 12.8. The van der Waals surface area contributed by atoms with Gasteiger partial charge in [0.05, 0.1) is 17.4 Å². The molecule has 0 unspecified atom stereocenters. The summed E-state index contributed by atoms with van der Waals surface area (Å²) in [7, 11) is 0. The van der Waals surface area contributed by atoms with E-state index >= 15 is 0 Å². The van der Waals surface area contributed by atoms with Gasteiger partial charge < -0.3 is 5.32 Å². The highest BCUT2D eigenvalue weighted by molar-refractivity contribution is 6.04. The zero-order valence-corrected chi connectivity index (χ0v) is 12.5. The highest BCUT2D eigenvalue weighted by Crippen LogP contribution is 2.16. The third kappa shape index (κ3) is 3.67. The van der Waals surface area contributed by atoms with Gasteiger partial charge in [0.15, 0.2) is 0 Å². The van der Waals surface area contributed by atoms with Crippen molar-refractivity contribution in [2.24, 2.45) is 0 Å². The van der Waals surface area contributed by atoms with Gasteiger partial charge in [-0.3, -0.25) is 9.78 Å². The number of hydrogen-bond acceptors (Lipinski definition) is 2. The molecule has 0 spiro atoms. The first-order valence-electron chi connectivity index (χ1n) is 7.14. The van der Waals surface area contributed by atoms with E-state index in [1.165, 1.54) is 24.3 Å². The summed E-state index contributed by atoms with van der Waals surface area (Å²) >= 11 is 0. The van der Waals surface area contributed by atoms with Crippen LogP contribution in [0.4, 0.5) is 10.1 Å². The maximum atomic E-state index is 12.8. The topological polar surface area (TPSA) is 42.0 Å². The van der Waals surface area contributed by atoms with Crippen molar-refractivity contribution < 1.29 is 9.18 Å². The zero-order chi connectivity index (χ0) is 15.9. The molecule has 2 aromatic carbocycles. The Kier molecular flexibility index (Phi) is 5.20. The molecule has 4 heteroatoms. The van der Waals surface area contributed by atoms with Crippen LogP contribution in [-0.2, 0) is 0 Å². The van der Waals surface area contributed by atoms with Gasteiger partial charge in [-0.25, -0.2) is 4.39 Å². The average molecular weight is 296 g/mol. The average Bonchev–Trinajstić information content (AvgIpc) is 2.57. The Morgan fingerprint density at radius 3 is 2.45 bits per heavy atom. The first-order valence-corrected chi connectivity index (χ1v) is 7.14. The summed E-state index contributed by atoms with van der Waals surface area (Å²) in [4.78, 5) is 16.3. The molecule has 1 amide bonds. The number of halogens is 1. The minimum atomic E-state index is -0.367. The summed E-state index contributed by atoms with van der Waals surface area (Å²) < 4.78 is 12.8. The van der Waals surface area contributed by atoms with Gasteiger partial charge in [0, 0.05) is 10.9 Å². The van der Waals surface area contributed by atoms with Crippen molar-refractivity contribution in [3.63, 3.8) is 0 Å². The molecular weight excluding hydrogens is 279 g/mol. The molecule has 1 heterocycles. The van der Waals surface area contributed by atoms with Crippen LogP contribution >= 0.6 is 0 Å². The minimum absolute atomic E-state index is 0.290. The number of para-hydroxylation sites is 1. The number of nitrogens with zero attached hydrogens (tertiary/aromatic N) is 1. The van der Waals surface area contributed by atoms with Crippen LogP contribution in [0.25, 0.3) is 10.9 Å². The number of fused-ring (bicyclic) bond motifs is 1. The monoisotopic (exact) mass is 296 g/mol. The molecule has 1 aromatic heterocycles. The van der Waals surface area contributed by atoms with E-state index in [0.29, 0.717) is 11.3 Å². The van der Waals surface area contributed by atoms with Gasteiger partial charge in [-0.1, -0.05) is 32.0 Å². The van der Waals surface area contributed by atoms with E-state index in [9.17, 15) is 9.18 Å². The molecular formula is C18H17FN2O. The fourth-order valence-electron chi connectivity index (χ4n) is 1.94. The number of anilines is 1. The van der Waals surface area contributed by atoms with Gasteiger partial charge in [0.1, 0.15) is 5.82 Å². The zero-order valence-electron chi connectivity index (χ0n) is 12.5. The highest BCUT2D eigenvalue weighted by Gasteiger charge is 2.06. The Bertz CT molecular complexity index is 769. The van der Waals surface area contributed by atoms with E-state index in [0.717, 1.165) is 10.9 Å². The number of carbonyl (C=O) groups is 1. The third-order valence-corrected chi connectivity index (χ3v) is 2.95. The second-order valence-corrected chi connectivity index (χ2v) is 4.38. The van der Waals surface area contributed by atoms with Crippen LogP contribution in [0.3, 0.4) is 0 Å². The van der Waals surface area contributed by atoms with Crippen molar-refractivity contribution in [3.8, 4) is 0 Å². The minimum Gasteiger partial charge on any atom is -0.321 e. The number of carbonyl (C=O) groups excluding carboxylic acids is 1. The Hall–Kier alpha value is -2.75. The lowest BCUT2D eigenvalue weighted by Crippen LogP contribution is -2.11. The normalized spacial score (nSPS) is 9.77. The Morgan fingerprint density at radius 2 is 1.73 bits per heavy atom. The van der Waals surface area contributed by atoms with E-state index < -0.39 is 0 Å². The van der Waals surface area contributed by atoms with Crippen molar-refractivity contribution in [1.29, 1.82) is 0 Å². The van der Waals surface area contributed by atoms with Gasteiger partial charge in [-0.05, 0) is 36.4 Å². The molecule has 0 fully saturated rings. The molecule has 0 aliphatic carbocycles. The molecule has 0 radical (unpaired) electrons. The van der Waals surface area contributed by atoms with Crippen LogP contribution in [0.15, 0.2) is 60.8 Å². The predicted molar refractivity (Wildman–Crippen MR) is 87.4 cm³/mol. The highest BCUT2D eigenvalue weighted by atomic mass is 19.1. The van der Waals surface area contributed by atoms with Crippen LogP contribution in [0.5, 0.6) is 0 Å². The molecule has 22 heavy (non-hydrogen) atoms. The summed E-state index contributed by atoms with van der Waals surface area (Å²) in [5.41, 5.74) is 1.88. The van der Waals surface area contributed by atoms with E-state index in [1.54, 1.807) is 6.20 Å². The number of amides is 1. The van der Waals surface area contributed by atoms with Crippen LogP contribution in [-0.4, -0.2) is 10.9 Å². The summed E-state index contributed by atoms with van der Waals surface area (Å²) in [5, 5.41) is 3.69. The quantitative estimate of drug-likeness (QED) is 0.747. The first kappa shape index (κ1) is 15.6. The number of pyridine rings is 1. The molecule has 0 bridgehead atoms. The van der Waals surface area contributed by atoms with Crippen LogP contribution in [0.1, 0.15) is 24.2 Å². The van der Waals surface area contributed by atoms with Gasteiger partial charge in [-0.2, -0.15) is 0 Å². The van der Waals surface area contributed by atoms with Crippen LogP contribution in [0.2, 0.25) is 0 Å². The lowest BCUT2D eigenvalue weighted by atomic mass is 10.2. The SMILES string of the molecule is CC.O=C(Nc1cnc2ccccc2c1)c1ccc(F)cc1. The van der Waals surface area contributed by atoms with Crippen molar-refractivity contribution in [2.45, 2.75) is 13.8 Å². The lowest BCUT2D eigenvalue weighted by molar-refractivity contribution is 0.102. The molecule has 3 rings (SSSR count). The molecule has 1 N–H and O–H groups in total. The Balaban J connectivity index is 0.000000847. The van der Waals surface area contributed by atoms with Gasteiger partial charge in [-0.15, -0.1) is 0 Å². The molecule has 3 nitrogen and oxygen atoms in total. The van der Waals surface area contributed by atoms with Crippen LogP contribution < -0.4 is 5.32 Å². The number of benzene rings is 2. The summed E-state index contributed by atoms with van der Waals surface area (Å²) in [6, 6.07) is 14.9. The molecule has 0 aliphatic heterocycles. The summed E-state index contributed by atoms with van der Waals surface area (Å²) in [6.45, 7) is 4.00. The fraction of sp³-hybridized carbons (Fsp3) is 0.111. The summed E-state index contributed by atoms with van der Waals surface area (Å²) in [5.74, 6) is -0.656. The number of aromatic nitrogens is 1. The van der Waals surface area contributed by atoms with Crippen molar-refractivity contribution in [1.82, 2.24) is 4.98 Å². The molecule has 0 saturated carbocycles. The lowest BCUT2D eigenvalue weighted by Gasteiger charge is -2.06. The largest absolute Gasteiger partial charge is 0.321 e. The van der Waals surface area contributed by atoms with Crippen molar-refractivity contribution >= 4 is 22.5 Å². The molecule has 0 saturated heterocycles. The van der Waals surface area contributed by atoms with Crippen LogP contribution in [0, 0.1) is 5.82 Å². The molecule has 0 atom stereocenters. The third-order valence-electron chi connectivity index (χ3n) is 2.95. The van der Waals surface area contributed by atoms with Gasteiger partial charge >= 0.3 is 0 Å². The standard InChI is InChI=1S/C16H11FN2O.C2H6/c17-13-7-5-11(6-8-13)16(20)19-14-9-12-3-1-2-4-15(12)18-10-14;1-2/h1-10H,(H,19,20);1-2H3. The maximum Gasteiger partial charge on any atom is 0.255 e. The second kappa shape index (κ2) is 7.31. The van der Waals surface area contributed by atoms with Crippen molar-refractivity contribution in [2.75, 3.05) is 5.32 Å². The second-order valence-electron chi connectivity index (χ2n) is 4.38. The first-order chi connectivity index (χ1) is 10.7. The van der Waals surface area contributed by atoms with Crippen molar-refractivity contribution in [3.05, 3.63) is 72.2 Å². The number of nitrogens with one attached hydrogen (secondary N) is 1.